The van der Waals surface area contributed by atoms with Gasteiger partial charge < -0.3 is 10.2 Å². The molecule has 0 bridgehead atoms. The molecular formula is C24H37IN6. The van der Waals surface area contributed by atoms with Gasteiger partial charge in [-0.2, -0.15) is 5.10 Å². The lowest BCUT2D eigenvalue weighted by atomic mass is 9.83. The van der Waals surface area contributed by atoms with E-state index in [1.807, 2.05) is 18.8 Å². The van der Waals surface area contributed by atoms with Gasteiger partial charge in [0.25, 0.3) is 0 Å². The molecule has 2 fully saturated rings. The fourth-order valence-corrected chi connectivity index (χ4v) is 5.29. The second-order valence-electron chi connectivity index (χ2n) is 8.83. The zero-order valence-corrected chi connectivity index (χ0v) is 21.7. The third kappa shape index (κ3) is 5.42. The summed E-state index contributed by atoms with van der Waals surface area (Å²) in [6.45, 7) is 9.47. The normalized spacial score (nSPS) is 22.1. The largest absolute Gasteiger partial charge is 0.352 e. The number of nitrogens with zero attached hydrogens (tertiary/aromatic N) is 5. The first-order valence-corrected chi connectivity index (χ1v) is 11.3. The van der Waals surface area contributed by atoms with Crippen molar-refractivity contribution in [3.63, 3.8) is 0 Å². The van der Waals surface area contributed by atoms with Crippen LogP contribution in [0, 0.1) is 19.8 Å². The zero-order valence-electron chi connectivity index (χ0n) is 19.3. The first kappa shape index (κ1) is 24.0. The highest BCUT2D eigenvalue weighted by atomic mass is 127. The van der Waals surface area contributed by atoms with Crippen LogP contribution in [0.1, 0.15) is 41.8 Å². The van der Waals surface area contributed by atoms with Crippen LogP contribution in [0.4, 0.5) is 0 Å². The van der Waals surface area contributed by atoms with E-state index in [1.165, 1.54) is 42.6 Å². The Morgan fingerprint density at radius 2 is 1.94 bits per heavy atom. The number of rotatable bonds is 4. The Morgan fingerprint density at radius 1 is 1.16 bits per heavy atom. The Morgan fingerprint density at radius 3 is 2.61 bits per heavy atom. The molecule has 2 aliphatic rings. The molecule has 0 spiro atoms. The Kier molecular flexibility index (Phi) is 8.38. The van der Waals surface area contributed by atoms with Crippen molar-refractivity contribution in [1.29, 1.82) is 0 Å². The number of aromatic nitrogens is 2. The van der Waals surface area contributed by atoms with Crippen LogP contribution in [0.5, 0.6) is 0 Å². The van der Waals surface area contributed by atoms with Gasteiger partial charge >= 0.3 is 0 Å². The van der Waals surface area contributed by atoms with Crippen LogP contribution in [0.2, 0.25) is 0 Å². The van der Waals surface area contributed by atoms with Crippen molar-refractivity contribution in [2.75, 3.05) is 26.7 Å². The molecule has 31 heavy (non-hydrogen) atoms. The third-order valence-corrected chi connectivity index (χ3v) is 7.01. The van der Waals surface area contributed by atoms with Crippen molar-refractivity contribution in [2.45, 2.75) is 52.2 Å². The van der Waals surface area contributed by atoms with Gasteiger partial charge in [-0.3, -0.25) is 14.6 Å². The summed E-state index contributed by atoms with van der Waals surface area (Å²) in [5, 5.41) is 8.15. The van der Waals surface area contributed by atoms with Gasteiger partial charge in [0.2, 0.25) is 0 Å². The summed E-state index contributed by atoms with van der Waals surface area (Å²) < 4.78 is 1.96. The van der Waals surface area contributed by atoms with Crippen LogP contribution in [0.3, 0.4) is 0 Å². The summed E-state index contributed by atoms with van der Waals surface area (Å²) in [6, 6.07) is 11.6. The molecule has 6 nitrogen and oxygen atoms in total. The number of piperidine rings is 2. The average Bonchev–Trinajstić information content (AvgIpc) is 3.00. The minimum absolute atomic E-state index is 0. The number of fused-ring (bicyclic) bond motifs is 1. The molecule has 2 aromatic rings. The molecule has 1 aromatic heterocycles. The minimum Gasteiger partial charge on any atom is -0.352 e. The Balaban J connectivity index is 0.00000272. The van der Waals surface area contributed by atoms with E-state index in [4.69, 9.17) is 0 Å². The van der Waals surface area contributed by atoms with Gasteiger partial charge in [0.1, 0.15) is 0 Å². The topological polar surface area (TPSA) is 48.7 Å². The number of guanidine groups is 1. The molecule has 170 valence electrons. The second kappa shape index (κ2) is 10.8. The van der Waals surface area contributed by atoms with E-state index in [1.54, 1.807) is 0 Å². The Labute approximate surface area is 204 Å². The molecule has 0 aliphatic carbocycles. The lowest BCUT2D eigenvalue weighted by Crippen LogP contribution is -2.56. The van der Waals surface area contributed by atoms with E-state index in [2.05, 4.69) is 69.4 Å². The number of benzene rings is 1. The third-order valence-electron chi connectivity index (χ3n) is 7.01. The van der Waals surface area contributed by atoms with E-state index in [0.29, 0.717) is 6.04 Å². The first-order valence-electron chi connectivity index (χ1n) is 11.3. The molecule has 2 unspecified atom stereocenters. The lowest BCUT2D eigenvalue weighted by molar-refractivity contribution is 0.0372. The maximum Gasteiger partial charge on any atom is 0.193 e. The number of likely N-dealkylation sites (tertiary alicyclic amines) is 2. The van der Waals surface area contributed by atoms with Gasteiger partial charge in [-0.15, -0.1) is 24.0 Å². The van der Waals surface area contributed by atoms with Gasteiger partial charge in [-0.25, -0.2) is 0 Å². The molecule has 3 heterocycles. The predicted molar refractivity (Wildman–Crippen MR) is 138 cm³/mol. The van der Waals surface area contributed by atoms with E-state index < -0.39 is 0 Å². The molecule has 1 aromatic carbocycles. The fourth-order valence-electron chi connectivity index (χ4n) is 5.29. The smallest absolute Gasteiger partial charge is 0.193 e. The van der Waals surface area contributed by atoms with E-state index in [0.717, 1.165) is 43.8 Å². The van der Waals surface area contributed by atoms with E-state index >= 15 is 0 Å². The molecular weight excluding hydrogens is 499 g/mol. The van der Waals surface area contributed by atoms with Gasteiger partial charge in [0.15, 0.2) is 5.96 Å². The number of aliphatic imine (C=N–C) groups is 1. The molecule has 1 N–H and O–H groups in total. The minimum atomic E-state index is 0. The van der Waals surface area contributed by atoms with Gasteiger partial charge in [-0.05, 0) is 51.1 Å². The molecule has 7 heteroatoms. The summed E-state index contributed by atoms with van der Waals surface area (Å²) in [5.74, 6) is 1.74. The number of nitrogens with one attached hydrogen (secondary N) is 1. The summed E-state index contributed by atoms with van der Waals surface area (Å²) >= 11 is 0. The second-order valence-corrected chi connectivity index (χ2v) is 8.83. The maximum absolute atomic E-state index is 4.61. The molecule has 2 saturated heterocycles. The van der Waals surface area contributed by atoms with Gasteiger partial charge in [-0.1, -0.05) is 30.3 Å². The standard InChI is InChI=1S/C24H36N6.HI/c1-18-22(19(2)28(4)27-18)15-26-24(25-3)30-14-12-23-21(17-30)11-8-13-29(23)16-20-9-6-5-7-10-20;/h5-7,9-10,21,23H,8,11-17H2,1-4H3,(H,25,26);1H. The Bertz CT molecular complexity index is 878. The fraction of sp³-hybridized carbons (Fsp3) is 0.583. The molecule has 2 atom stereocenters. The van der Waals surface area contributed by atoms with Crippen molar-refractivity contribution in [2.24, 2.45) is 18.0 Å². The van der Waals surface area contributed by atoms with Crippen LogP contribution < -0.4 is 5.32 Å². The number of aryl methyl sites for hydroxylation is 2. The summed E-state index contributed by atoms with van der Waals surface area (Å²) in [4.78, 5) is 9.80. The van der Waals surface area contributed by atoms with Crippen LogP contribution in [-0.2, 0) is 20.1 Å². The predicted octanol–water partition coefficient (Wildman–Crippen LogP) is 3.72. The van der Waals surface area contributed by atoms with Crippen LogP contribution in [0.15, 0.2) is 35.3 Å². The summed E-state index contributed by atoms with van der Waals surface area (Å²) in [5.41, 5.74) is 5.03. The number of hydrogen-bond donors (Lipinski definition) is 1. The monoisotopic (exact) mass is 536 g/mol. The van der Waals surface area contributed by atoms with Crippen LogP contribution >= 0.6 is 24.0 Å². The SMILES string of the molecule is CN=C(NCc1c(C)nn(C)c1C)N1CCC2C(CCCN2Cc2ccccc2)C1.I. The molecule has 0 amide bonds. The molecule has 4 rings (SSSR count). The van der Waals surface area contributed by atoms with Crippen molar-refractivity contribution in [3.8, 4) is 0 Å². The highest BCUT2D eigenvalue weighted by Gasteiger charge is 2.36. The van der Waals surface area contributed by atoms with Crippen molar-refractivity contribution >= 4 is 29.9 Å². The molecule has 2 aliphatic heterocycles. The van der Waals surface area contributed by atoms with E-state index in [-0.39, 0.29) is 24.0 Å². The van der Waals surface area contributed by atoms with Crippen molar-refractivity contribution in [1.82, 2.24) is 24.9 Å². The highest BCUT2D eigenvalue weighted by Crippen LogP contribution is 2.31. The zero-order chi connectivity index (χ0) is 21.1. The number of halogens is 1. The Hall–Kier alpha value is -1.61. The highest BCUT2D eigenvalue weighted by molar-refractivity contribution is 14.0. The first-order chi connectivity index (χ1) is 14.6. The van der Waals surface area contributed by atoms with Crippen molar-refractivity contribution < 1.29 is 0 Å². The molecule has 0 radical (unpaired) electrons. The molecule has 0 saturated carbocycles. The van der Waals surface area contributed by atoms with E-state index in [9.17, 15) is 0 Å². The maximum atomic E-state index is 4.61. The lowest BCUT2D eigenvalue weighted by Gasteiger charge is -2.48. The van der Waals surface area contributed by atoms with Gasteiger partial charge in [0.05, 0.1) is 5.69 Å². The van der Waals surface area contributed by atoms with Crippen LogP contribution in [-0.4, -0.2) is 58.3 Å². The van der Waals surface area contributed by atoms with Crippen molar-refractivity contribution in [3.05, 3.63) is 52.8 Å². The average molecular weight is 537 g/mol. The van der Waals surface area contributed by atoms with Crippen LogP contribution in [0.25, 0.3) is 0 Å². The summed E-state index contributed by atoms with van der Waals surface area (Å²) in [6.07, 6.45) is 3.83. The number of hydrogen-bond acceptors (Lipinski definition) is 3. The quantitative estimate of drug-likeness (QED) is 0.368. The van der Waals surface area contributed by atoms with Gasteiger partial charge in [0, 0.05) is 57.6 Å². The summed E-state index contributed by atoms with van der Waals surface area (Å²) in [7, 11) is 3.91.